The van der Waals surface area contributed by atoms with Gasteiger partial charge in [-0.15, -0.1) is 0 Å². The van der Waals surface area contributed by atoms with E-state index in [1.165, 1.54) is 0 Å². The van der Waals surface area contributed by atoms with E-state index in [-0.39, 0.29) is 43.3 Å². The SMILES string of the molecule is CC(C)C(NC(=O)CCCCCCCCCCCCC(=O)c1cc(N)cc(N)c1)C(=O)CC(CCC(=O)O)C(=O)NC(C(=O)CC(CCC(=O)O)C(=O)O)C(C)C. The number of carboxylic acid groups (broad SMARTS) is 3. The summed E-state index contributed by atoms with van der Waals surface area (Å²) in [5, 5.41) is 33.2. The molecular formula is C42H66N4O11. The quantitative estimate of drug-likeness (QED) is 0.0252. The van der Waals surface area contributed by atoms with Crippen molar-refractivity contribution in [1.82, 2.24) is 10.6 Å². The fourth-order valence-electron chi connectivity index (χ4n) is 6.70. The van der Waals surface area contributed by atoms with E-state index >= 15 is 0 Å². The number of nitrogens with two attached hydrogens (primary N) is 2. The molecule has 0 radical (unpaired) electrons. The molecule has 0 aliphatic carbocycles. The number of anilines is 2. The van der Waals surface area contributed by atoms with Crippen LogP contribution < -0.4 is 22.1 Å². The fourth-order valence-corrected chi connectivity index (χ4v) is 6.70. The van der Waals surface area contributed by atoms with Crippen molar-refractivity contribution >= 4 is 58.4 Å². The van der Waals surface area contributed by atoms with Gasteiger partial charge in [0, 0.05) is 61.4 Å². The predicted molar refractivity (Wildman–Crippen MR) is 216 cm³/mol. The third-order valence-corrected chi connectivity index (χ3v) is 10.0. The Morgan fingerprint density at radius 2 is 0.947 bits per heavy atom. The minimum Gasteiger partial charge on any atom is -0.481 e. The summed E-state index contributed by atoms with van der Waals surface area (Å²) < 4.78 is 0. The topological polar surface area (TPSA) is 273 Å². The second-order valence-electron chi connectivity index (χ2n) is 15.8. The molecule has 0 heterocycles. The lowest BCUT2D eigenvalue weighted by Gasteiger charge is -2.27. The second-order valence-corrected chi connectivity index (χ2v) is 15.8. The number of amides is 2. The Hall–Kier alpha value is -4.82. The number of aliphatic carboxylic acids is 3. The molecule has 0 aliphatic heterocycles. The van der Waals surface area contributed by atoms with Crippen molar-refractivity contribution in [3.05, 3.63) is 23.8 Å². The maximum Gasteiger partial charge on any atom is 0.306 e. The third-order valence-electron chi connectivity index (χ3n) is 10.0. The molecule has 0 spiro atoms. The number of nitrogens with one attached hydrogen (secondary N) is 2. The molecule has 1 aromatic carbocycles. The van der Waals surface area contributed by atoms with Gasteiger partial charge >= 0.3 is 17.9 Å². The summed E-state index contributed by atoms with van der Waals surface area (Å²) in [6.07, 6.45) is 8.06. The van der Waals surface area contributed by atoms with Crippen LogP contribution in [0.25, 0.3) is 0 Å². The molecule has 0 saturated heterocycles. The minimum atomic E-state index is -1.34. The summed E-state index contributed by atoms with van der Waals surface area (Å²) in [6.45, 7) is 6.78. The molecule has 320 valence electrons. The number of hydrogen-bond donors (Lipinski definition) is 7. The third kappa shape index (κ3) is 21.3. The lowest BCUT2D eigenvalue weighted by atomic mass is 9.87. The standard InChI is InChI=1S/C42H66N4O11/c1-26(2)39(45-36(50)16-14-12-10-8-6-5-7-9-11-13-15-33(47)30-21-31(43)25-32(44)22-30)34(48)23-28(17-19-37(51)52)41(55)46-40(27(3)4)35(49)24-29(42(56)57)18-20-38(53)54/h21-22,25-29,39-40H,5-20,23-24,43-44H2,1-4H3,(H,45,50)(H,46,55)(H,51,52)(H,53,54)(H,56,57). The van der Waals surface area contributed by atoms with Crippen LogP contribution in [0.2, 0.25) is 0 Å². The Bertz CT molecular complexity index is 1490. The van der Waals surface area contributed by atoms with E-state index in [9.17, 15) is 48.6 Å². The first-order chi connectivity index (χ1) is 26.8. The highest BCUT2D eigenvalue weighted by Gasteiger charge is 2.34. The molecule has 15 nitrogen and oxygen atoms in total. The summed E-state index contributed by atoms with van der Waals surface area (Å²) in [4.78, 5) is 99.4. The van der Waals surface area contributed by atoms with Gasteiger partial charge in [-0.2, -0.15) is 0 Å². The molecule has 0 aliphatic rings. The number of rotatable bonds is 32. The van der Waals surface area contributed by atoms with Crippen LogP contribution in [0.5, 0.6) is 0 Å². The summed E-state index contributed by atoms with van der Waals surface area (Å²) in [5.41, 5.74) is 13.1. The number of Topliss-reactive ketones (excluding diaryl/α,β-unsaturated/α-hetero) is 3. The Labute approximate surface area is 336 Å². The van der Waals surface area contributed by atoms with Gasteiger partial charge in [-0.05, 0) is 55.7 Å². The fraction of sp³-hybridized carbons (Fsp3) is 0.667. The summed E-state index contributed by atoms with van der Waals surface area (Å²) in [7, 11) is 0. The number of unbranched alkanes of at least 4 members (excludes halogenated alkanes) is 9. The van der Waals surface area contributed by atoms with Gasteiger partial charge in [-0.25, -0.2) is 0 Å². The van der Waals surface area contributed by atoms with Crippen molar-refractivity contribution in [1.29, 1.82) is 0 Å². The van der Waals surface area contributed by atoms with Crippen molar-refractivity contribution < 1.29 is 53.7 Å². The van der Waals surface area contributed by atoms with Crippen LogP contribution in [0.1, 0.15) is 154 Å². The molecular weight excluding hydrogens is 736 g/mol. The van der Waals surface area contributed by atoms with E-state index in [2.05, 4.69) is 10.6 Å². The molecule has 0 saturated carbocycles. The molecule has 57 heavy (non-hydrogen) atoms. The number of ketones is 3. The van der Waals surface area contributed by atoms with Gasteiger partial charge < -0.3 is 37.4 Å². The number of carbonyl (C=O) groups excluding carboxylic acids is 5. The predicted octanol–water partition coefficient (Wildman–Crippen LogP) is 5.96. The maximum absolute atomic E-state index is 13.5. The smallest absolute Gasteiger partial charge is 0.306 e. The van der Waals surface area contributed by atoms with E-state index in [0.29, 0.717) is 29.8 Å². The minimum absolute atomic E-state index is 0.0484. The van der Waals surface area contributed by atoms with Gasteiger partial charge in [0.25, 0.3) is 0 Å². The van der Waals surface area contributed by atoms with Gasteiger partial charge in [-0.3, -0.25) is 38.4 Å². The van der Waals surface area contributed by atoms with Gasteiger partial charge in [0.2, 0.25) is 11.8 Å². The first-order valence-corrected chi connectivity index (χ1v) is 20.3. The van der Waals surface area contributed by atoms with Crippen LogP contribution in [-0.4, -0.2) is 74.5 Å². The first kappa shape index (κ1) is 50.2. The molecule has 9 N–H and O–H groups in total. The van der Waals surface area contributed by atoms with E-state index in [1.54, 1.807) is 45.9 Å². The van der Waals surface area contributed by atoms with Crippen molar-refractivity contribution in [2.24, 2.45) is 23.7 Å². The molecule has 0 bridgehead atoms. The first-order valence-electron chi connectivity index (χ1n) is 20.3. The Morgan fingerprint density at radius 1 is 0.544 bits per heavy atom. The highest BCUT2D eigenvalue weighted by molar-refractivity contribution is 5.98. The number of carbonyl (C=O) groups is 8. The van der Waals surface area contributed by atoms with Crippen molar-refractivity contribution in [3.8, 4) is 0 Å². The van der Waals surface area contributed by atoms with Crippen molar-refractivity contribution in [3.63, 3.8) is 0 Å². The maximum atomic E-state index is 13.5. The zero-order chi connectivity index (χ0) is 43.1. The van der Waals surface area contributed by atoms with Crippen molar-refractivity contribution in [2.45, 2.75) is 155 Å². The molecule has 1 rings (SSSR count). The Balaban J connectivity index is 2.56. The highest BCUT2D eigenvalue weighted by Crippen LogP contribution is 2.21. The largest absolute Gasteiger partial charge is 0.481 e. The molecule has 1 aromatic rings. The lowest BCUT2D eigenvalue weighted by molar-refractivity contribution is -0.145. The summed E-state index contributed by atoms with van der Waals surface area (Å²) in [6, 6.07) is 2.87. The van der Waals surface area contributed by atoms with E-state index in [1.807, 2.05) is 0 Å². The average Bonchev–Trinajstić information content (AvgIpc) is 3.11. The zero-order valence-corrected chi connectivity index (χ0v) is 34.2. The van der Waals surface area contributed by atoms with Crippen LogP contribution in [0, 0.1) is 23.7 Å². The molecule has 15 heteroatoms. The van der Waals surface area contributed by atoms with Crippen LogP contribution in [0.3, 0.4) is 0 Å². The van der Waals surface area contributed by atoms with Crippen LogP contribution in [-0.2, 0) is 33.6 Å². The number of carboxylic acids is 3. The van der Waals surface area contributed by atoms with Gasteiger partial charge in [-0.1, -0.05) is 79.1 Å². The van der Waals surface area contributed by atoms with Crippen LogP contribution in [0.15, 0.2) is 18.2 Å². The highest BCUT2D eigenvalue weighted by atomic mass is 16.4. The molecule has 0 fully saturated rings. The Kier molecular flexibility index (Phi) is 23.7. The van der Waals surface area contributed by atoms with Crippen LogP contribution in [0.4, 0.5) is 11.4 Å². The molecule has 4 atom stereocenters. The van der Waals surface area contributed by atoms with Gasteiger partial charge in [0.05, 0.1) is 18.0 Å². The second kappa shape index (κ2) is 26.9. The van der Waals surface area contributed by atoms with E-state index in [4.69, 9.17) is 16.6 Å². The zero-order valence-electron chi connectivity index (χ0n) is 34.2. The molecule has 4 unspecified atom stereocenters. The number of hydrogen-bond acceptors (Lipinski definition) is 10. The van der Waals surface area contributed by atoms with E-state index < -0.39 is 84.5 Å². The van der Waals surface area contributed by atoms with E-state index in [0.717, 1.165) is 57.8 Å². The van der Waals surface area contributed by atoms with Crippen molar-refractivity contribution in [2.75, 3.05) is 11.5 Å². The van der Waals surface area contributed by atoms with Gasteiger partial charge in [0.15, 0.2) is 17.3 Å². The van der Waals surface area contributed by atoms with Crippen LogP contribution >= 0.6 is 0 Å². The normalized spacial score (nSPS) is 13.4. The lowest BCUT2D eigenvalue weighted by Crippen LogP contribution is -2.49. The number of nitrogen functional groups attached to an aromatic ring is 2. The summed E-state index contributed by atoms with van der Waals surface area (Å²) in [5.74, 6) is -9.00. The number of benzene rings is 1. The van der Waals surface area contributed by atoms with Gasteiger partial charge in [0.1, 0.15) is 0 Å². The molecule has 2 amide bonds. The summed E-state index contributed by atoms with van der Waals surface area (Å²) >= 11 is 0. The molecule has 0 aromatic heterocycles. The average molecular weight is 803 g/mol. The Morgan fingerprint density at radius 3 is 1.39 bits per heavy atom. The monoisotopic (exact) mass is 802 g/mol.